The zero-order chi connectivity index (χ0) is 14.7. The van der Waals surface area contributed by atoms with Crippen LogP contribution in [0, 0.1) is 33.8 Å². The summed E-state index contributed by atoms with van der Waals surface area (Å²) in [4.78, 5) is 25.4. The lowest BCUT2D eigenvalue weighted by atomic mass is 10.0. The molecule has 0 radical (unpaired) electrons. The number of pyridine rings is 1. The van der Waals surface area contributed by atoms with Gasteiger partial charge in [-0.2, -0.15) is 0 Å². The highest BCUT2D eigenvalue weighted by Gasteiger charge is 2.65. The van der Waals surface area contributed by atoms with Crippen LogP contribution in [0.25, 0.3) is 0 Å². The third-order valence-corrected chi connectivity index (χ3v) is 5.35. The number of carboxylic acids is 1. The van der Waals surface area contributed by atoms with Gasteiger partial charge < -0.3 is 10.4 Å². The Morgan fingerprint density at radius 2 is 2.05 bits per heavy atom. The molecule has 0 aliphatic heterocycles. The highest BCUT2D eigenvalue weighted by molar-refractivity contribution is 5.88. The number of fused-ring (bicyclic) bond motifs is 5. The van der Waals surface area contributed by atoms with Gasteiger partial charge >= 0.3 is 11.7 Å². The number of hydrogen-bond acceptors (Lipinski definition) is 5. The summed E-state index contributed by atoms with van der Waals surface area (Å²) in [6, 6.07) is 1.35. The first-order chi connectivity index (χ1) is 10.1. The Morgan fingerprint density at radius 1 is 1.38 bits per heavy atom. The molecule has 0 saturated heterocycles. The molecule has 7 nitrogen and oxygen atoms in total. The highest BCUT2D eigenvalue weighted by atomic mass is 16.6. The monoisotopic (exact) mass is 289 g/mol. The Bertz CT molecular complexity index is 631. The van der Waals surface area contributed by atoms with Crippen LogP contribution < -0.4 is 5.32 Å². The number of aromatic nitrogens is 1. The molecule has 0 amide bonds. The summed E-state index contributed by atoms with van der Waals surface area (Å²) in [6.07, 6.45) is 5.03. The lowest BCUT2D eigenvalue weighted by molar-refractivity contribution is -0.384. The van der Waals surface area contributed by atoms with Crippen molar-refractivity contribution in [2.24, 2.45) is 23.7 Å². The number of nitro groups is 1. The van der Waals surface area contributed by atoms with Gasteiger partial charge in [-0.15, -0.1) is 0 Å². The fraction of sp³-hybridized carbons (Fsp3) is 0.571. The van der Waals surface area contributed by atoms with Gasteiger partial charge in [0.05, 0.1) is 10.5 Å². The maximum absolute atomic E-state index is 11.1. The van der Waals surface area contributed by atoms with Gasteiger partial charge in [0.1, 0.15) is 0 Å². The first kappa shape index (κ1) is 12.6. The van der Waals surface area contributed by atoms with E-state index in [0.29, 0.717) is 11.8 Å². The largest absolute Gasteiger partial charge is 0.478 e. The molecule has 7 heteroatoms. The third-order valence-electron chi connectivity index (χ3n) is 5.35. The standard InChI is InChI=1S/C14H15N3O4/c18-14(19)8-4-9(17(20)21)13(15-5-8)16-12-10-6-1-2-7(3-6)11(10)12/h4-7,10-12H,1-3H2,(H,15,16)(H,18,19). The van der Waals surface area contributed by atoms with Gasteiger partial charge in [-0.3, -0.25) is 10.1 Å². The van der Waals surface area contributed by atoms with E-state index in [4.69, 9.17) is 5.11 Å². The molecule has 3 fully saturated rings. The van der Waals surface area contributed by atoms with Gasteiger partial charge in [0.25, 0.3) is 0 Å². The average molecular weight is 289 g/mol. The molecule has 3 saturated carbocycles. The van der Waals surface area contributed by atoms with Crippen molar-refractivity contribution in [3.8, 4) is 0 Å². The third kappa shape index (κ3) is 1.80. The second-order valence-electron chi connectivity index (χ2n) is 6.31. The van der Waals surface area contributed by atoms with E-state index >= 15 is 0 Å². The van der Waals surface area contributed by atoms with E-state index in [1.165, 1.54) is 25.5 Å². The van der Waals surface area contributed by atoms with E-state index in [1.54, 1.807) is 0 Å². The molecular weight excluding hydrogens is 274 g/mol. The molecule has 3 aliphatic rings. The number of anilines is 1. The van der Waals surface area contributed by atoms with E-state index in [9.17, 15) is 14.9 Å². The Labute approximate surface area is 120 Å². The second kappa shape index (κ2) is 4.16. The zero-order valence-electron chi connectivity index (χ0n) is 11.2. The maximum Gasteiger partial charge on any atom is 0.337 e. The minimum absolute atomic E-state index is 0.164. The normalized spacial score (nSPS) is 35.3. The molecular formula is C14H15N3O4. The smallest absolute Gasteiger partial charge is 0.337 e. The lowest BCUT2D eigenvalue weighted by Gasteiger charge is -2.11. The summed E-state index contributed by atoms with van der Waals surface area (Å²) >= 11 is 0. The number of nitrogens with zero attached hydrogens (tertiary/aromatic N) is 2. The molecule has 3 aliphatic carbocycles. The molecule has 1 heterocycles. The van der Waals surface area contributed by atoms with E-state index in [1.807, 2.05) is 0 Å². The summed E-state index contributed by atoms with van der Waals surface area (Å²) in [5.41, 5.74) is -0.421. The van der Waals surface area contributed by atoms with Crippen molar-refractivity contribution in [2.75, 3.05) is 5.32 Å². The van der Waals surface area contributed by atoms with Crippen LogP contribution >= 0.6 is 0 Å². The van der Waals surface area contributed by atoms with Crippen LogP contribution in [0.5, 0.6) is 0 Å². The van der Waals surface area contributed by atoms with Crippen LogP contribution in [0.15, 0.2) is 12.3 Å². The summed E-state index contributed by atoms with van der Waals surface area (Å²) in [5.74, 6) is 1.76. The number of carbonyl (C=O) groups is 1. The first-order valence-corrected chi connectivity index (χ1v) is 7.20. The van der Waals surface area contributed by atoms with Crippen molar-refractivity contribution < 1.29 is 14.8 Å². The fourth-order valence-electron chi connectivity index (χ4n) is 4.50. The number of carboxylic acid groups (broad SMARTS) is 1. The Morgan fingerprint density at radius 3 is 2.62 bits per heavy atom. The zero-order valence-corrected chi connectivity index (χ0v) is 11.2. The number of aromatic carboxylic acids is 1. The highest BCUT2D eigenvalue weighted by Crippen LogP contribution is 2.66. The summed E-state index contributed by atoms with van der Waals surface area (Å²) < 4.78 is 0. The summed E-state index contributed by atoms with van der Waals surface area (Å²) in [6.45, 7) is 0. The van der Waals surface area contributed by atoms with Crippen LogP contribution in [-0.4, -0.2) is 27.0 Å². The van der Waals surface area contributed by atoms with Crippen molar-refractivity contribution in [3.63, 3.8) is 0 Å². The lowest BCUT2D eigenvalue weighted by Crippen LogP contribution is -2.15. The molecule has 2 N–H and O–H groups in total. The molecule has 4 rings (SSSR count). The predicted octanol–water partition coefficient (Wildman–Crippen LogP) is 2.14. The van der Waals surface area contributed by atoms with Gasteiger partial charge in [0.15, 0.2) is 0 Å². The molecule has 4 unspecified atom stereocenters. The molecule has 21 heavy (non-hydrogen) atoms. The Balaban J connectivity index is 1.58. The SMILES string of the molecule is O=C(O)c1cnc(NC2C3C4CCC(C4)C23)c([N+](=O)[O-])c1. The molecule has 110 valence electrons. The van der Waals surface area contributed by atoms with E-state index in [0.717, 1.165) is 17.9 Å². The molecule has 1 aromatic rings. The van der Waals surface area contributed by atoms with Crippen molar-refractivity contribution in [2.45, 2.75) is 25.3 Å². The number of rotatable bonds is 4. The van der Waals surface area contributed by atoms with Gasteiger partial charge in [-0.05, 0) is 42.9 Å². The van der Waals surface area contributed by atoms with Crippen LogP contribution in [0.4, 0.5) is 11.5 Å². The van der Waals surface area contributed by atoms with E-state index in [2.05, 4.69) is 10.3 Å². The van der Waals surface area contributed by atoms with Crippen molar-refractivity contribution >= 4 is 17.5 Å². The van der Waals surface area contributed by atoms with Crippen LogP contribution in [0.2, 0.25) is 0 Å². The van der Waals surface area contributed by atoms with Crippen LogP contribution in [-0.2, 0) is 0 Å². The van der Waals surface area contributed by atoms with Crippen molar-refractivity contribution in [3.05, 3.63) is 27.9 Å². The molecule has 0 spiro atoms. The summed E-state index contributed by atoms with van der Waals surface area (Å²) in [5, 5.41) is 23.2. The molecule has 1 aromatic heterocycles. The van der Waals surface area contributed by atoms with E-state index < -0.39 is 10.9 Å². The number of hydrogen-bond donors (Lipinski definition) is 2. The molecule has 0 aromatic carbocycles. The Kier molecular flexibility index (Phi) is 2.49. The summed E-state index contributed by atoms with van der Waals surface area (Å²) in [7, 11) is 0. The Hall–Kier alpha value is -2.18. The average Bonchev–Trinajstić information content (AvgIpc) is 2.83. The van der Waals surface area contributed by atoms with Crippen molar-refractivity contribution in [1.29, 1.82) is 0 Å². The van der Waals surface area contributed by atoms with Gasteiger partial charge in [0.2, 0.25) is 5.82 Å². The number of nitrogens with one attached hydrogen (secondary N) is 1. The minimum atomic E-state index is -1.21. The van der Waals surface area contributed by atoms with Gasteiger partial charge in [-0.1, -0.05) is 0 Å². The van der Waals surface area contributed by atoms with E-state index in [-0.39, 0.29) is 23.1 Å². The topological polar surface area (TPSA) is 105 Å². The van der Waals surface area contributed by atoms with Crippen molar-refractivity contribution in [1.82, 2.24) is 4.98 Å². The van der Waals surface area contributed by atoms with Crippen LogP contribution in [0.3, 0.4) is 0 Å². The predicted molar refractivity (Wildman–Crippen MR) is 73.1 cm³/mol. The molecule has 4 atom stereocenters. The van der Waals surface area contributed by atoms with Gasteiger partial charge in [-0.25, -0.2) is 9.78 Å². The van der Waals surface area contributed by atoms with Gasteiger partial charge in [0, 0.05) is 18.3 Å². The second-order valence-corrected chi connectivity index (χ2v) is 6.31. The minimum Gasteiger partial charge on any atom is -0.478 e. The molecule has 2 bridgehead atoms. The maximum atomic E-state index is 11.1. The first-order valence-electron chi connectivity index (χ1n) is 7.20. The quantitative estimate of drug-likeness (QED) is 0.650. The van der Waals surface area contributed by atoms with Crippen LogP contribution in [0.1, 0.15) is 29.6 Å². The fourth-order valence-corrected chi connectivity index (χ4v) is 4.50.